The Balaban J connectivity index is 2.77. The Kier molecular flexibility index (Phi) is 4.90. The number of hydrogen-bond acceptors (Lipinski definition) is 0. The van der Waals surface area contributed by atoms with Crippen molar-refractivity contribution >= 4 is 34.8 Å². The second kappa shape index (κ2) is 6.22. The lowest BCUT2D eigenvalue weighted by atomic mass is 9.96. The number of rotatable bonds is 2. The standard InChI is InChI=1S/C14H6Cl3F5/c15-10-5-12(17)11(16)4-8(10)7-3-6(13(18)19)1-2-9(7)14(20,21)22/h1-5,13H. The molecule has 0 saturated carbocycles. The third-order valence-electron chi connectivity index (χ3n) is 2.90. The quantitative estimate of drug-likeness (QED) is 0.382. The average Bonchev–Trinajstić information content (AvgIpc) is 2.41. The van der Waals surface area contributed by atoms with E-state index in [9.17, 15) is 22.0 Å². The Labute approximate surface area is 137 Å². The predicted octanol–water partition coefficient (Wildman–Crippen LogP) is 7.27. The second-order valence-electron chi connectivity index (χ2n) is 4.35. The minimum Gasteiger partial charge on any atom is -0.205 e. The van der Waals surface area contributed by atoms with E-state index >= 15 is 0 Å². The van der Waals surface area contributed by atoms with Gasteiger partial charge in [0, 0.05) is 16.1 Å². The van der Waals surface area contributed by atoms with Crippen molar-refractivity contribution in [3.63, 3.8) is 0 Å². The normalized spacial score (nSPS) is 12.0. The van der Waals surface area contributed by atoms with Gasteiger partial charge in [0.2, 0.25) is 0 Å². The first-order valence-corrected chi connectivity index (χ1v) is 6.89. The molecule has 8 heteroatoms. The van der Waals surface area contributed by atoms with Crippen LogP contribution in [0.1, 0.15) is 17.6 Å². The SMILES string of the molecule is FC(F)c1ccc(C(F)(F)F)c(-c2cc(Cl)c(Cl)cc2Cl)c1. The van der Waals surface area contributed by atoms with Crippen LogP contribution in [-0.4, -0.2) is 0 Å². The van der Waals surface area contributed by atoms with E-state index in [0.717, 1.165) is 24.3 Å². The van der Waals surface area contributed by atoms with E-state index in [-0.39, 0.29) is 20.6 Å². The highest BCUT2D eigenvalue weighted by molar-refractivity contribution is 6.44. The third-order valence-corrected chi connectivity index (χ3v) is 3.94. The van der Waals surface area contributed by atoms with E-state index in [0.29, 0.717) is 6.07 Å². The summed E-state index contributed by atoms with van der Waals surface area (Å²) in [5, 5.41) is -0.100. The van der Waals surface area contributed by atoms with E-state index in [1.54, 1.807) is 0 Å². The van der Waals surface area contributed by atoms with Crippen LogP contribution in [0.5, 0.6) is 0 Å². The van der Waals surface area contributed by atoms with Gasteiger partial charge in [-0.05, 0) is 29.8 Å². The molecule has 22 heavy (non-hydrogen) atoms. The Morgan fingerprint density at radius 3 is 1.91 bits per heavy atom. The van der Waals surface area contributed by atoms with Gasteiger partial charge < -0.3 is 0 Å². The number of hydrogen-bond donors (Lipinski definition) is 0. The molecule has 0 fully saturated rings. The van der Waals surface area contributed by atoms with Gasteiger partial charge in [-0.25, -0.2) is 8.78 Å². The molecule has 2 aromatic carbocycles. The van der Waals surface area contributed by atoms with Crippen molar-refractivity contribution in [1.82, 2.24) is 0 Å². The van der Waals surface area contributed by atoms with E-state index in [1.165, 1.54) is 0 Å². The van der Waals surface area contributed by atoms with Crippen LogP contribution in [-0.2, 0) is 6.18 Å². The minimum absolute atomic E-state index is 0.0309. The first-order chi connectivity index (χ1) is 10.1. The van der Waals surface area contributed by atoms with Crippen LogP contribution in [0.15, 0.2) is 30.3 Å². The van der Waals surface area contributed by atoms with Crippen LogP contribution in [0, 0.1) is 0 Å². The van der Waals surface area contributed by atoms with Crippen molar-refractivity contribution < 1.29 is 22.0 Å². The van der Waals surface area contributed by atoms with Gasteiger partial charge >= 0.3 is 6.18 Å². The molecule has 0 saturated heterocycles. The fourth-order valence-corrected chi connectivity index (χ4v) is 2.55. The maximum absolute atomic E-state index is 13.1. The smallest absolute Gasteiger partial charge is 0.205 e. The topological polar surface area (TPSA) is 0 Å². The summed E-state index contributed by atoms with van der Waals surface area (Å²) in [5.74, 6) is 0. The van der Waals surface area contributed by atoms with Crippen molar-refractivity contribution in [2.75, 3.05) is 0 Å². The molecule has 0 aromatic heterocycles. The lowest BCUT2D eigenvalue weighted by Crippen LogP contribution is -2.08. The largest absolute Gasteiger partial charge is 0.417 e. The minimum atomic E-state index is -4.73. The van der Waals surface area contributed by atoms with E-state index in [1.807, 2.05) is 0 Å². The second-order valence-corrected chi connectivity index (χ2v) is 5.57. The van der Waals surface area contributed by atoms with Gasteiger partial charge in [0.25, 0.3) is 6.43 Å². The molecule has 0 unspecified atom stereocenters. The molecule has 0 amide bonds. The van der Waals surface area contributed by atoms with Gasteiger partial charge in [-0.3, -0.25) is 0 Å². The molecule has 0 N–H and O–H groups in total. The molecular formula is C14H6Cl3F5. The zero-order valence-corrected chi connectivity index (χ0v) is 12.8. The number of halogens is 8. The summed E-state index contributed by atoms with van der Waals surface area (Å²) < 4.78 is 64.8. The van der Waals surface area contributed by atoms with Crippen molar-refractivity contribution in [3.8, 4) is 11.1 Å². The Hall–Kier alpha value is -1.04. The molecule has 0 aliphatic heterocycles. The van der Waals surface area contributed by atoms with Crippen LogP contribution in [0.3, 0.4) is 0 Å². The van der Waals surface area contributed by atoms with E-state index < -0.39 is 29.3 Å². The lowest BCUT2D eigenvalue weighted by Gasteiger charge is -2.16. The summed E-state index contributed by atoms with van der Waals surface area (Å²) in [4.78, 5) is 0. The average molecular weight is 376 g/mol. The molecule has 0 atom stereocenters. The number of alkyl halides is 5. The molecule has 2 rings (SSSR count). The van der Waals surface area contributed by atoms with Crippen molar-refractivity contribution in [3.05, 3.63) is 56.5 Å². The summed E-state index contributed by atoms with van der Waals surface area (Å²) in [6.45, 7) is 0. The van der Waals surface area contributed by atoms with Gasteiger partial charge in [0.05, 0.1) is 15.6 Å². The summed E-state index contributed by atoms with van der Waals surface area (Å²) in [5.41, 5.74) is -2.23. The maximum Gasteiger partial charge on any atom is 0.417 e. The molecular weight excluding hydrogens is 370 g/mol. The van der Waals surface area contributed by atoms with Crippen LogP contribution < -0.4 is 0 Å². The highest BCUT2D eigenvalue weighted by atomic mass is 35.5. The zero-order valence-electron chi connectivity index (χ0n) is 10.5. The van der Waals surface area contributed by atoms with E-state index in [4.69, 9.17) is 34.8 Å². The first-order valence-electron chi connectivity index (χ1n) is 5.75. The van der Waals surface area contributed by atoms with Gasteiger partial charge in [0.1, 0.15) is 0 Å². The molecule has 0 heterocycles. The highest BCUT2D eigenvalue weighted by Crippen LogP contribution is 2.43. The van der Waals surface area contributed by atoms with Gasteiger partial charge in [-0.15, -0.1) is 0 Å². The molecule has 0 radical (unpaired) electrons. The Bertz CT molecular complexity index is 710. The first kappa shape index (κ1) is 17.3. The highest BCUT2D eigenvalue weighted by Gasteiger charge is 2.34. The van der Waals surface area contributed by atoms with Gasteiger partial charge in [-0.1, -0.05) is 40.9 Å². The Morgan fingerprint density at radius 1 is 0.773 bits per heavy atom. The molecule has 0 aliphatic rings. The van der Waals surface area contributed by atoms with Crippen molar-refractivity contribution in [1.29, 1.82) is 0 Å². The Morgan fingerprint density at radius 2 is 1.36 bits per heavy atom. The predicted molar refractivity (Wildman–Crippen MR) is 76.9 cm³/mol. The van der Waals surface area contributed by atoms with Crippen LogP contribution in [0.2, 0.25) is 15.1 Å². The maximum atomic E-state index is 13.1. The third kappa shape index (κ3) is 3.47. The fourth-order valence-electron chi connectivity index (χ4n) is 1.90. The summed E-state index contributed by atoms with van der Waals surface area (Å²) >= 11 is 17.4. The summed E-state index contributed by atoms with van der Waals surface area (Å²) in [6, 6.07) is 4.35. The monoisotopic (exact) mass is 374 g/mol. The molecule has 0 spiro atoms. The van der Waals surface area contributed by atoms with Crippen LogP contribution in [0.4, 0.5) is 22.0 Å². The van der Waals surface area contributed by atoms with E-state index in [2.05, 4.69) is 0 Å². The van der Waals surface area contributed by atoms with Crippen LogP contribution >= 0.6 is 34.8 Å². The van der Waals surface area contributed by atoms with Crippen LogP contribution in [0.25, 0.3) is 11.1 Å². The lowest BCUT2D eigenvalue weighted by molar-refractivity contribution is -0.137. The summed E-state index contributed by atoms with van der Waals surface area (Å²) in [7, 11) is 0. The zero-order chi connectivity index (χ0) is 16.7. The van der Waals surface area contributed by atoms with Crippen molar-refractivity contribution in [2.24, 2.45) is 0 Å². The molecule has 0 aliphatic carbocycles. The summed E-state index contributed by atoms with van der Waals surface area (Å²) in [6.07, 6.45) is -7.65. The van der Waals surface area contributed by atoms with Crippen molar-refractivity contribution in [2.45, 2.75) is 12.6 Å². The van der Waals surface area contributed by atoms with Gasteiger partial charge in [-0.2, -0.15) is 13.2 Å². The molecule has 2 aromatic rings. The fraction of sp³-hybridized carbons (Fsp3) is 0.143. The number of benzene rings is 2. The molecule has 0 nitrogen and oxygen atoms in total. The molecule has 118 valence electrons. The molecule has 0 bridgehead atoms. The van der Waals surface area contributed by atoms with Gasteiger partial charge in [0.15, 0.2) is 0 Å².